The molecule has 1 heterocycles. The summed E-state index contributed by atoms with van der Waals surface area (Å²) in [4.78, 5) is 15.3. The first-order valence-corrected chi connectivity index (χ1v) is 13.7. The Morgan fingerprint density at radius 3 is 2.11 bits per heavy atom. The summed E-state index contributed by atoms with van der Waals surface area (Å²) in [6.07, 6.45) is 5.25. The summed E-state index contributed by atoms with van der Waals surface area (Å²) in [5, 5.41) is 0. The number of benzene rings is 2. The van der Waals surface area contributed by atoms with Gasteiger partial charge in [0.1, 0.15) is 5.78 Å². The van der Waals surface area contributed by atoms with Gasteiger partial charge in [0.2, 0.25) is 0 Å². The zero-order valence-corrected chi connectivity index (χ0v) is 21.9. The van der Waals surface area contributed by atoms with Crippen LogP contribution >= 0.6 is 0 Å². The number of carbonyl (C=O) groups excluding carboxylic acids is 1. The molecule has 2 nitrogen and oxygen atoms in total. The van der Waals surface area contributed by atoms with E-state index in [1.54, 1.807) is 19.1 Å². The summed E-state index contributed by atoms with van der Waals surface area (Å²) in [5.41, 5.74) is 3.25. The number of alkyl halides is 3. The SMILES string of the molecule is CC(=O)C(CC(C)C)c1cc(-c2ccc(C(F)(F)F)cc2)cc(C2CCN(C3CCCCC3)CC2)c1. The number of piperidine rings is 1. The summed E-state index contributed by atoms with van der Waals surface area (Å²) in [6, 6.07) is 12.5. The molecule has 1 aliphatic carbocycles. The number of carbonyl (C=O) groups is 1. The van der Waals surface area contributed by atoms with Crippen molar-refractivity contribution in [1.82, 2.24) is 4.90 Å². The smallest absolute Gasteiger partial charge is 0.300 e. The maximum Gasteiger partial charge on any atom is 0.416 e. The molecule has 1 unspecified atom stereocenters. The molecule has 2 aromatic carbocycles. The summed E-state index contributed by atoms with van der Waals surface area (Å²) in [7, 11) is 0. The standard InChI is InChI=1S/C31H40F3NO/c1-21(2)17-30(22(3)36)27-19-25(23-9-11-28(12-10-23)31(32,33)34)18-26(20-27)24-13-15-35(16-14-24)29-7-5-4-6-8-29/h9-12,18-21,24,29-30H,4-8,13-17H2,1-3H3. The second-order valence-corrected chi connectivity index (χ2v) is 11.4. The Morgan fingerprint density at radius 1 is 0.917 bits per heavy atom. The molecular formula is C31H40F3NO. The molecule has 2 aromatic rings. The number of Topliss-reactive ketones (excluding diaryl/α,β-unsaturated/α-hetero) is 1. The van der Waals surface area contributed by atoms with E-state index in [0.717, 1.165) is 67.2 Å². The van der Waals surface area contributed by atoms with Gasteiger partial charge in [-0.15, -0.1) is 0 Å². The van der Waals surface area contributed by atoms with E-state index in [9.17, 15) is 18.0 Å². The average Bonchev–Trinajstić information content (AvgIpc) is 2.87. The highest BCUT2D eigenvalue weighted by Crippen LogP contribution is 2.38. The second kappa shape index (κ2) is 11.5. The third-order valence-corrected chi connectivity index (χ3v) is 8.22. The molecule has 1 saturated heterocycles. The lowest BCUT2D eigenvalue weighted by atomic mass is 9.81. The van der Waals surface area contributed by atoms with Gasteiger partial charge in [-0.1, -0.05) is 63.4 Å². The van der Waals surface area contributed by atoms with Gasteiger partial charge in [-0.05, 0) is 98.3 Å². The summed E-state index contributed by atoms with van der Waals surface area (Å²) < 4.78 is 39.4. The van der Waals surface area contributed by atoms with E-state index in [-0.39, 0.29) is 11.7 Å². The summed E-state index contributed by atoms with van der Waals surface area (Å²) in [6.45, 7) is 8.09. The molecule has 196 valence electrons. The number of halogens is 3. The van der Waals surface area contributed by atoms with Gasteiger partial charge in [0, 0.05) is 12.0 Å². The van der Waals surface area contributed by atoms with Crippen LogP contribution in [0.1, 0.15) is 101 Å². The Morgan fingerprint density at radius 2 is 1.56 bits per heavy atom. The predicted molar refractivity (Wildman–Crippen MR) is 140 cm³/mol. The first-order valence-electron chi connectivity index (χ1n) is 13.7. The highest BCUT2D eigenvalue weighted by Gasteiger charge is 2.31. The molecule has 0 spiro atoms. The molecule has 1 atom stereocenters. The largest absolute Gasteiger partial charge is 0.416 e. The van der Waals surface area contributed by atoms with Crippen molar-refractivity contribution in [1.29, 1.82) is 0 Å². The highest BCUT2D eigenvalue weighted by molar-refractivity contribution is 5.84. The van der Waals surface area contributed by atoms with Crippen molar-refractivity contribution in [3.63, 3.8) is 0 Å². The highest BCUT2D eigenvalue weighted by atomic mass is 19.4. The fourth-order valence-electron chi connectivity index (χ4n) is 6.18. The topological polar surface area (TPSA) is 20.3 Å². The second-order valence-electron chi connectivity index (χ2n) is 11.4. The lowest BCUT2D eigenvalue weighted by Gasteiger charge is -2.39. The number of ketones is 1. The van der Waals surface area contributed by atoms with Crippen molar-refractivity contribution >= 4 is 5.78 Å². The number of rotatable bonds is 7. The zero-order chi connectivity index (χ0) is 25.9. The third-order valence-electron chi connectivity index (χ3n) is 8.22. The quantitative estimate of drug-likeness (QED) is 0.380. The molecule has 2 fully saturated rings. The number of hydrogen-bond acceptors (Lipinski definition) is 2. The normalized spacial score (nSPS) is 19.5. The van der Waals surface area contributed by atoms with E-state index >= 15 is 0 Å². The van der Waals surface area contributed by atoms with Crippen LogP contribution in [0.15, 0.2) is 42.5 Å². The Hall–Kier alpha value is -2.14. The average molecular weight is 500 g/mol. The molecule has 2 aliphatic rings. The van der Waals surface area contributed by atoms with Crippen LogP contribution in [-0.4, -0.2) is 29.8 Å². The van der Waals surface area contributed by atoms with Crippen LogP contribution in [-0.2, 0) is 11.0 Å². The molecule has 0 amide bonds. The van der Waals surface area contributed by atoms with Crippen LogP contribution < -0.4 is 0 Å². The van der Waals surface area contributed by atoms with Gasteiger partial charge in [0.25, 0.3) is 0 Å². The van der Waals surface area contributed by atoms with Crippen LogP contribution in [0.3, 0.4) is 0 Å². The van der Waals surface area contributed by atoms with Gasteiger partial charge in [-0.25, -0.2) is 0 Å². The van der Waals surface area contributed by atoms with Crippen molar-refractivity contribution in [2.75, 3.05) is 13.1 Å². The van der Waals surface area contributed by atoms with Gasteiger partial charge >= 0.3 is 6.18 Å². The Balaban J connectivity index is 1.64. The Kier molecular flexibility index (Phi) is 8.59. The van der Waals surface area contributed by atoms with E-state index in [1.807, 2.05) is 6.07 Å². The van der Waals surface area contributed by atoms with Crippen LogP contribution in [0.2, 0.25) is 0 Å². The minimum atomic E-state index is -4.35. The first kappa shape index (κ1) is 26.9. The summed E-state index contributed by atoms with van der Waals surface area (Å²) >= 11 is 0. The zero-order valence-electron chi connectivity index (χ0n) is 21.9. The predicted octanol–water partition coefficient (Wildman–Crippen LogP) is 8.60. The summed E-state index contributed by atoms with van der Waals surface area (Å²) in [5.74, 6) is 0.729. The van der Waals surface area contributed by atoms with Crippen molar-refractivity contribution in [2.24, 2.45) is 5.92 Å². The lowest BCUT2D eigenvalue weighted by molar-refractivity contribution is -0.137. The maximum atomic E-state index is 13.1. The molecule has 1 aliphatic heterocycles. The van der Waals surface area contributed by atoms with Crippen LogP contribution in [0.4, 0.5) is 13.2 Å². The fraction of sp³-hybridized carbons (Fsp3) is 0.581. The van der Waals surface area contributed by atoms with Gasteiger partial charge in [-0.3, -0.25) is 4.79 Å². The van der Waals surface area contributed by atoms with Crippen molar-refractivity contribution < 1.29 is 18.0 Å². The molecule has 1 saturated carbocycles. The van der Waals surface area contributed by atoms with Crippen molar-refractivity contribution in [2.45, 2.75) is 96.2 Å². The van der Waals surface area contributed by atoms with Crippen LogP contribution in [0.25, 0.3) is 11.1 Å². The van der Waals surface area contributed by atoms with Crippen molar-refractivity contribution in [3.8, 4) is 11.1 Å². The van der Waals surface area contributed by atoms with E-state index in [2.05, 4.69) is 30.9 Å². The Labute approximate surface area is 214 Å². The Bertz CT molecular complexity index is 1010. The molecular weight excluding hydrogens is 459 g/mol. The minimum Gasteiger partial charge on any atom is -0.300 e. The van der Waals surface area contributed by atoms with Gasteiger partial charge < -0.3 is 4.90 Å². The van der Waals surface area contributed by atoms with E-state index in [1.165, 1.54) is 37.7 Å². The van der Waals surface area contributed by atoms with E-state index in [0.29, 0.717) is 11.8 Å². The molecule has 0 bridgehead atoms. The van der Waals surface area contributed by atoms with E-state index < -0.39 is 11.7 Å². The molecule has 0 aromatic heterocycles. The molecule has 36 heavy (non-hydrogen) atoms. The monoisotopic (exact) mass is 499 g/mol. The molecule has 4 rings (SSSR count). The fourth-order valence-corrected chi connectivity index (χ4v) is 6.18. The molecule has 0 radical (unpaired) electrons. The van der Waals surface area contributed by atoms with Crippen LogP contribution in [0.5, 0.6) is 0 Å². The van der Waals surface area contributed by atoms with Gasteiger partial charge in [0.15, 0.2) is 0 Å². The number of hydrogen-bond donors (Lipinski definition) is 0. The number of likely N-dealkylation sites (tertiary alicyclic amines) is 1. The number of nitrogens with zero attached hydrogens (tertiary/aromatic N) is 1. The lowest BCUT2D eigenvalue weighted by Crippen LogP contribution is -2.41. The van der Waals surface area contributed by atoms with Crippen molar-refractivity contribution in [3.05, 3.63) is 59.2 Å². The third kappa shape index (κ3) is 6.59. The van der Waals surface area contributed by atoms with Gasteiger partial charge in [-0.2, -0.15) is 13.2 Å². The molecule has 0 N–H and O–H groups in total. The van der Waals surface area contributed by atoms with E-state index in [4.69, 9.17) is 0 Å². The van der Waals surface area contributed by atoms with Crippen LogP contribution in [0, 0.1) is 5.92 Å². The first-order chi connectivity index (χ1) is 17.1. The van der Waals surface area contributed by atoms with Gasteiger partial charge in [0.05, 0.1) is 5.56 Å². The minimum absolute atomic E-state index is 0.145. The molecule has 5 heteroatoms. The maximum absolute atomic E-state index is 13.1.